The Morgan fingerprint density at radius 2 is 1.10 bits per heavy atom. The van der Waals surface area contributed by atoms with E-state index in [1.807, 2.05) is 24.5 Å². The number of halogens is 1. The summed E-state index contributed by atoms with van der Waals surface area (Å²) in [6.07, 6.45) is 3.35. The molecule has 5 aromatic rings. The monoisotopic (exact) mass is 415 g/mol. The molecule has 0 fully saturated rings. The molecule has 0 saturated carbocycles. The van der Waals surface area contributed by atoms with Gasteiger partial charge in [-0.25, -0.2) is 15.0 Å². The van der Waals surface area contributed by atoms with E-state index in [9.17, 15) is 0 Å². The van der Waals surface area contributed by atoms with Crippen LogP contribution in [0, 0.1) is 0 Å². The predicted molar refractivity (Wildman–Crippen MR) is 121 cm³/mol. The summed E-state index contributed by atoms with van der Waals surface area (Å²) < 4.78 is 2.20. The Hall–Kier alpha value is -3.07. The van der Waals surface area contributed by atoms with Crippen molar-refractivity contribution in [1.82, 2.24) is 19.3 Å². The molecular weight excluding hydrogens is 399 g/mol. The van der Waals surface area contributed by atoms with Crippen molar-refractivity contribution >= 4 is 46.1 Å². The normalized spacial score (nSPS) is 11.6. The van der Waals surface area contributed by atoms with Gasteiger partial charge in [0.2, 0.25) is 13.1 Å². The van der Waals surface area contributed by atoms with Gasteiger partial charge in [-0.3, -0.25) is 0 Å². The SMILES string of the molecule is Clc1ncnc2c1ncn2[P+](c1ccccc1)(c1ccccc1)c1ccccc1. The van der Waals surface area contributed by atoms with Crippen molar-refractivity contribution in [3.63, 3.8) is 0 Å². The predicted octanol–water partition coefficient (Wildman–Crippen LogP) is 4.24. The molecule has 0 aliphatic heterocycles. The minimum absolute atomic E-state index is 0.362. The molecule has 0 N–H and O–H groups in total. The van der Waals surface area contributed by atoms with E-state index < -0.39 is 7.41 Å². The van der Waals surface area contributed by atoms with E-state index in [4.69, 9.17) is 11.6 Å². The summed E-state index contributed by atoms with van der Waals surface area (Å²) in [5.74, 6) is 0. The number of fused-ring (bicyclic) bond motifs is 1. The van der Waals surface area contributed by atoms with Gasteiger partial charge in [0.15, 0.2) is 5.15 Å². The van der Waals surface area contributed by atoms with E-state index in [0.717, 1.165) is 5.65 Å². The maximum absolute atomic E-state index is 6.34. The first-order valence-corrected chi connectivity index (χ1v) is 11.3. The lowest BCUT2D eigenvalue weighted by molar-refractivity contribution is 1.16. The van der Waals surface area contributed by atoms with Gasteiger partial charge in [0.1, 0.15) is 34.1 Å². The molecule has 0 bridgehead atoms. The second kappa shape index (κ2) is 7.40. The molecule has 2 heterocycles. The number of hydrogen-bond acceptors (Lipinski definition) is 3. The third kappa shape index (κ3) is 2.84. The van der Waals surface area contributed by atoms with Crippen LogP contribution in [0.3, 0.4) is 0 Å². The summed E-state index contributed by atoms with van der Waals surface area (Å²) in [4.78, 5) is 13.3. The zero-order chi connectivity index (χ0) is 19.7. The van der Waals surface area contributed by atoms with Crippen molar-refractivity contribution < 1.29 is 0 Å². The Bertz CT molecular complexity index is 1160. The van der Waals surface area contributed by atoms with Crippen molar-refractivity contribution in [3.8, 4) is 0 Å². The molecule has 0 amide bonds. The topological polar surface area (TPSA) is 43.6 Å². The Kier molecular flexibility index (Phi) is 4.59. The second-order valence-corrected chi connectivity index (χ2v) is 10.2. The van der Waals surface area contributed by atoms with E-state index >= 15 is 0 Å². The van der Waals surface area contributed by atoms with Gasteiger partial charge in [0.25, 0.3) is 0 Å². The molecule has 0 aliphatic carbocycles. The Morgan fingerprint density at radius 3 is 1.59 bits per heavy atom. The van der Waals surface area contributed by atoms with Crippen LogP contribution in [0.1, 0.15) is 0 Å². The standard InChI is InChI=1S/C23H17ClN4P/c24-22-21-23(26-16-25-22)28(17-27-21)29(18-10-4-1-5-11-18,19-12-6-2-7-13-19)20-14-8-3-9-15-20/h1-17H/q+1. The lowest BCUT2D eigenvalue weighted by atomic mass is 10.4. The van der Waals surface area contributed by atoms with Crippen molar-refractivity contribution in [2.45, 2.75) is 0 Å². The smallest absolute Gasteiger partial charge is 0.211 e. The molecule has 6 heteroatoms. The van der Waals surface area contributed by atoms with Crippen molar-refractivity contribution in [1.29, 1.82) is 0 Å². The molecule has 0 spiro atoms. The van der Waals surface area contributed by atoms with Crippen LogP contribution in [0.15, 0.2) is 104 Å². The lowest BCUT2D eigenvalue weighted by Crippen LogP contribution is -2.35. The van der Waals surface area contributed by atoms with Crippen LogP contribution in [0.4, 0.5) is 0 Å². The summed E-state index contributed by atoms with van der Waals surface area (Å²) in [7, 11) is -2.32. The fourth-order valence-electron chi connectivity index (χ4n) is 3.77. The van der Waals surface area contributed by atoms with Gasteiger partial charge in [-0.05, 0) is 36.4 Å². The lowest BCUT2D eigenvalue weighted by Gasteiger charge is -2.27. The largest absolute Gasteiger partial charge is 0.228 e. The summed E-state index contributed by atoms with van der Waals surface area (Å²) >= 11 is 6.34. The molecule has 3 aromatic carbocycles. The van der Waals surface area contributed by atoms with Crippen molar-refractivity contribution in [2.24, 2.45) is 0 Å². The first kappa shape index (κ1) is 18.0. The average Bonchev–Trinajstić information content (AvgIpc) is 3.23. The number of imidazole rings is 1. The van der Waals surface area contributed by atoms with Crippen molar-refractivity contribution in [2.75, 3.05) is 0 Å². The average molecular weight is 416 g/mol. The highest BCUT2D eigenvalue weighted by atomic mass is 35.5. The van der Waals surface area contributed by atoms with Gasteiger partial charge in [-0.2, -0.15) is 4.34 Å². The zero-order valence-corrected chi connectivity index (χ0v) is 17.1. The summed E-state index contributed by atoms with van der Waals surface area (Å²) in [6, 6.07) is 31.7. The maximum Gasteiger partial charge on any atom is 0.211 e. The number of rotatable bonds is 4. The molecule has 0 atom stereocenters. The maximum atomic E-state index is 6.34. The number of benzene rings is 3. The van der Waals surface area contributed by atoms with Crippen LogP contribution < -0.4 is 15.9 Å². The van der Waals surface area contributed by atoms with Gasteiger partial charge in [0, 0.05) is 0 Å². The first-order valence-electron chi connectivity index (χ1n) is 9.22. The highest BCUT2D eigenvalue weighted by Gasteiger charge is 2.49. The van der Waals surface area contributed by atoms with Crippen LogP contribution in [-0.2, 0) is 0 Å². The van der Waals surface area contributed by atoms with Gasteiger partial charge in [-0.1, -0.05) is 66.2 Å². The quantitative estimate of drug-likeness (QED) is 0.326. The number of hydrogen-bond donors (Lipinski definition) is 0. The number of aromatic nitrogens is 4. The first-order chi connectivity index (χ1) is 14.3. The van der Waals surface area contributed by atoms with E-state index in [-0.39, 0.29) is 0 Å². The molecule has 29 heavy (non-hydrogen) atoms. The Morgan fingerprint density at radius 1 is 0.621 bits per heavy atom. The minimum atomic E-state index is -2.32. The van der Waals surface area contributed by atoms with Gasteiger partial charge >= 0.3 is 0 Å². The van der Waals surface area contributed by atoms with E-state index in [2.05, 4.69) is 92.1 Å². The van der Waals surface area contributed by atoms with Crippen molar-refractivity contribution in [3.05, 3.63) is 109 Å². The molecule has 140 valence electrons. The highest BCUT2D eigenvalue weighted by molar-refractivity contribution is 7.94. The molecule has 0 saturated heterocycles. The van der Waals surface area contributed by atoms with Crippen LogP contribution in [0.25, 0.3) is 11.2 Å². The highest BCUT2D eigenvalue weighted by Crippen LogP contribution is 2.57. The summed E-state index contributed by atoms with van der Waals surface area (Å²) in [5.41, 5.74) is 1.34. The fourth-order valence-corrected chi connectivity index (χ4v) is 8.03. The summed E-state index contributed by atoms with van der Waals surface area (Å²) in [6.45, 7) is 0. The third-order valence-electron chi connectivity index (χ3n) is 4.98. The van der Waals surface area contributed by atoms with E-state index in [1.165, 1.54) is 22.2 Å². The Labute approximate surface area is 174 Å². The minimum Gasteiger partial charge on any atom is -0.228 e. The molecule has 4 nitrogen and oxygen atoms in total. The van der Waals surface area contributed by atoms with Crippen LogP contribution in [-0.4, -0.2) is 19.3 Å². The number of nitrogens with zero attached hydrogens (tertiary/aromatic N) is 4. The van der Waals surface area contributed by atoms with Crippen LogP contribution in [0.2, 0.25) is 5.15 Å². The molecule has 2 aromatic heterocycles. The van der Waals surface area contributed by atoms with Gasteiger partial charge in [-0.15, -0.1) is 0 Å². The van der Waals surface area contributed by atoms with Gasteiger partial charge in [0.05, 0.1) is 0 Å². The molecule has 0 radical (unpaired) electrons. The fraction of sp³-hybridized carbons (Fsp3) is 0. The zero-order valence-electron chi connectivity index (χ0n) is 15.4. The second-order valence-electron chi connectivity index (χ2n) is 6.57. The third-order valence-corrected chi connectivity index (χ3v) is 9.34. The molecule has 5 rings (SSSR count). The van der Waals surface area contributed by atoms with E-state index in [1.54, 1.807) is 0 Å². The molecular formula is C23H17ClN4P+. The van der Waals surface area contributed by atoms with Crippen LogP contribution in [0.5, 0.6) is 0 Å². The van der Waals surface area contributed by atoms with Crippen LogP contribution >= 0.6 is 19.0 Å². The van der Waals surface area contributed by atoms with E-state index in [0.29, 0.717) is 10.7 Å². The Balaban J connectivity index is 1.97. The van der Waals surface area contributed by atoms with Gasteiger partial charge < -0.3 is 0 Å². The molecule has 0 unspecified atom stereocenters. The summed E-state index contributed by atoms with van der Waals surface area (Å²) in [5, 5.41) is 4.00. The molecule has 0 aliphatic rings.